The Hall–Kier alpha value is -1.96. The molecule has 2 N–H and O–H groups in total. The number of benzene rings is 1. The van der Waals surface area contributed by atoms with Crippen LogP contribution in [0.4, 0.5) is 11.4 Å². The Labute approximate surface area is 149 Å². The molecule has 25 heavy (non-hydrogen) atoms. The van der Waals surface area contributed by atoms with Gasteiger partial charge in [-0.25, -0.2) is 8.42 Å². The Bertz CT molecular complexity index is 713. The number of methoxy groups -OCH3 is 1. The van der Waals surface area contributed by atoms with E-state index in [2.05, 4.69) is 17.0 Å². The molecule has 0 spiro atoms. The Morgan fingerprint density at radius 2 is 1.96 bits per heavy atom. The van der Waals surface area contributed by atoms with Crippen LogP contribution in [0.15, 0.2) is 18.2 Å². The largest absolute Gasteiger partial charge is 0.495 e. The second kappa shape index (κ2) is 7.95. The van der Waals surface area contributed by atoms with Gasteiger partial charge in [-0.3, -0.25) is 9.52 Å². The minimum absolute atomic E-state index is 0.0559. The molecule has 1 saturated heterocycles. The van der Waals surface area contributed by atoms with Gasteiger partial charge in [-0.2, -0.15) is 0 Å². The van der Waals surface area contributed by atoms with E-state index in [-0.39, 0.29) is 5.91 Å². The molecule has 0 unspecified atom stereocenters. The van der Waals surface area contributed by atoms with Crippen molar-refractivity contribution in [2.24, 2.45) is 5.92 Å². The number of carbonyl (C=O) groups excluding carboxylic acids is 1. The van der Waals surface area contributed by atoms with Crippen LogP contribution in [0.3, 0.4) is 0 Å². The van der Waals surface area contributed by atoms with E-state index >= 15 is 0 Å². The molecule has 1 amide bonds. The van der Waals surface area contributed by atoms with Gasteiger partial charge in [-0.05, 0) is 43.9 Å². The lowest BCUT2D eigenvalue weighted by Crippen LogP contribution is -2.45. The first kappa shape index (κ1) is 19.4. The number of carbonyl (C=O) groups is 1. The number of hydrogen-bond acceptors (Lipinski definition) is 5. The predicted molar refractivity (Wildman–Crippen MR) is 99.5 cm³/mol. The fourth-order valence-corrected chi connectivity index (χ4v) is 3.45. The van der Waals surface area contributed by atoms with E-state index in [9.17, 15) is 13.2 Å². The molecular formula is C17H27N3O4S. The Morgan fingerprint density at radius 3 is 2.52 bits per heavy atom. The van der Waals surface area contributed by atoms with Gasteiger partial charge in [0.2, 0.25) is 15.9 Å². The van der Waals surface area contributed by atoms with Crippen molar-refractivity contribution in [1.29, 1.82) is 0 Å². The van der Waals surface area contributed by atoms with E-state index in [1.807, 2.05) is 11.8 Å². The highest BCUT2D eigenvalue weighted by atomic mass is 32.2. The van der Waals surface area contributed by atoms with E-state index in [4.69, 9.17) is 4.74 Å². The number of nitrogens with zero attached hydrogens (tertiary/aromatic N) is 1. The lowest BCUT2D eigenvalue weighted by atomic mass is 9.99. The van der Waals surface area contributed by atoms with Gasteiger partial charge in [0, 0.05) is 18.8 Å². The highest BCUT2D eigenvalue weighted by Gasteiger charge is 2.24. The van der Waals surface area contributed by atoms with Gasteiger partial charge < -0.3 is 15.0 Å². The molecule has 1 aromatic carbocycles. The van der Waals surface area contributed by atoms with Crippen LogP contribution < -0.4 is 14.8 Å². The zero-order chi connectivity index (χ0) is 18.6. The van der Waals surface area contributed by atoms with Crippen LogP contribution in [0.2, 0.25) is 0 Å². The Morgan fingerprint density at radius 1 is 1.32 bits per heavy atom. The summed E-state index contributed by atoms with van der Waals surface area (Å²) in [7, 11) is -1.96. The van der Waals surface area contributed by atoms with Crippen LogP contribution in [0.25, 0.3) is 0 Å². The highest BCUT2D eigenvalue weighted by Crippen LogP contribution is 2.29. The van der Waals surface area contributed by atoms with E-state index in [0.29, 0.717) is 23.0 Å². The van der Waals surface area contributed by atoms with Gasteiger partial charge >= 0.3 is 0 Å². The van der Waals surface area contributed by atoms with Crippen LogP contribution >= 0.6 is 0 Å². The maximum Gasteiger partial charge on any atom is 0.244 e. The molecule has 0 saturated carbocycles. The second-order valence-electron chi connectivity index (χ2n) is 6.66. The van der Waals surface area contributed by atoms with Gasteiger partial charge in [-0.15, -0.1) is 0 Å². The SMILES string of the molecule is COc1ccc(N[C@H](C)C(=O)N2CCC(C)CC2)cc1NS(C)(=O)=O. The predicted octanol–water partition coefficient (Wildman–Crippen LogP) is 2.13. The third kappa shape index (κ3) is 5.52. The molecule has 1 fully saturated rings. The first-order valence-electron chi connectivity index (χ1n) is 8.40. The maximum absolute atomic E-state index is 12.6. The van der Waals surface area contributed by atoms with Gasteiger partial charge in [0.25, 0.3) is 0 Å². The van der Waals surface area contributed by atoms with Crippen molar-refractivity contribution >= 4 is 27.3 Å². The Kier molecular flexibility index (Phi) is 6.16. The van der Waals surface area contributed by atoms with Crippen LogP contribution in [0.1, 0.15) is 26.7 Å². The summed E-state index contributed by atoms with van der Waals surface area (Å²) in [6.45, 7) is 5.59. The van der Waals surface area contributed by atoms with Gasteiger partial charge in [0.15, 0.2) is 0 Å². The molecule has 7 nitrogen and oxygen atoms in total. The summed E-state index contributed by atoms with van der Waals surface area (Å²) in [5.41, 5.74) is 0.986. The number of anilines is 2. The molecule has 8 heteroatoms. The molecule has 1 heterocycles. The maximum atomic E-state index is 12.6. The third-order valence-electron chi connectivity index (χ3n) is 4.34. The summed E-state index contributed by atoms with van der Waals surface area (Å²) in [6, 6.07) is 4.65. The van der Waals surface area contributed by atoms with Gasteiger partial charge in [0.05, 0.1) is 19.1 Å². The number of nitrogens with one attached hydrogen (secondary N) is 2. The highest BCUT2D eigenvalue weighted by molar-refractivity contribution is 7.92. The lowest BCUT2D eigenvalue weighted by molar-refractivity contribution is -0.132. The molecule has 0 radical (unpaired) electrons. The number of piperidine rings is 1. The minimum Gasteiger partial charge on any atom is -0.495 e. The summed E-state index contributed by atoms with van der Waals surface area (Å²) in [4.78, 5) is 14.5. The molecule has 1 aromatic rings. The van der Waals surface area contributed by atoms with E-state index < -0.39 is 16.1 Å². The summed E-state index contributed by atoms with van der Waals surface area (Å²) in [6.07, 6.45) is 3.14. The molecule has 0 bridgehead atoms. The first-order valence-corrected chi connectivity index (χ1v) is 10.3. The lowest BCUT2D eigenvalue weighted by Gasteiger charge is -2.32. The quantitative estimate of drug-likeness (QED) is 0.802. The Balaban J connectivity index is 2.08. The molecule has 0 aliphatic carbocycles. The van der Waals surface area contributed by atoms with E-state index in [0.717, 1.165) is 32.2 Å². The van der Waals surface area contributed by atoms with Crippen molar-refractivity contribution < 1.29 is 17.9 Å². The number of sulfonamides is 1. The van der Waals surface area contributed by atoms with Gasteiger partial charge in [0.1, 0.15) is 11.8 Å². The van der Waals surface area contributed by atoms with Crippen LogP contribution in [0.5, 0.6) is 5.75 Å². The topological polar surface area (TPSA) is 87.7 Å². The standard InChI is InChI=1S/C17H27N3O4S/c1-12-7-9-20(10-8-12)17(21)13(2)18-14-5-6-16(24-3)15(11-14)19-25(4,22)23/h5-6,11-13,18-19H,7-10H2,1-4H3/t13-/m1/s1. The monoisotopic (exact) mass is 369 g/mol. The van der Waals surface area contributed by atoms with Crippen molar-refractivity contribution in [2.75, 3.05) is 36.5 Å². The third-order valence-corrected chi connectivity index (χ3v) is 4.93. The van der Waals surface area contributed by atoms with E-state index in [1.54, 1.807) is 18.2 Å². The molecule has 1 atom stereocenters. The first-order chi connectivity index (χ1) is 11.7. The minimum atomic E-state index is -3.43. The number of likely N-dealkylation sites (tertiary alicyclic amines) is 1. The number of hydrogen-bond donors (Lipinski definition) is 2. The van der Waals surface area contributed by atoms with Crippen molar-refractivity contribution in [1.82, 2.24) is 4.90 Å². The van der Waals surface area contributed by atoms with Crippen LogP contribution in [-0.4, -0.2) is 51.7 Å². The van der Waals surface area contributed by atoms with Crippen molar-refractivity contribution in [3.05, 3.63) is 18.2 Å². The number of ether oxygens (including phenoxy) is 1. The summed E-state index contributed by atoms with van der Waals surface area (Å²) >= 11 is 0. The zero-order valence-corrected chi connectivity index (χ0v) is 16.0. The average Bonchev–Trinajstić information content (AvgIpc) is 2.53. The van der Waals surface area contributed by atoms with Crippen LogP contribution in [-0.2, 0) is 14.8 Å². The smallest absolute Gasteiger partial charge is 0.244 e. The van der Waals surface area contributed by atoms with Gasteiger partial charge in [-0.1, -0.05) is 6.92 Å². The fourth-order valence-electron chi connectivity index (χ4n) is 2.89. The van der Waals surface area contributed by atoms with Crippen molar-refractivity contribution in [2.45, 2.75) is 32.7 Å². The van der Waals surface area contributed by atoms with Crippen LogP contribution in [0, 0.1) is 5.92 Å². The molecule has 1 aliphatic rings. The zero-order valence-electron chi connectivity index (χ0n) is 15.2. The molecular weight excluding hydrogens is 342 g/mol. The normalized spacial score (nSPS) is 17.0. The van der Waals surface area contributed by atoms with Crippen molar-refractivity contribution in [3.63, 3.8) is 0 Å². The number of amides is 1. The molecule has 2 rings (SSSR count). The summed E-state index contributed by atoms with van der Waals surface area (Å²) < 4.78 is 30.6. The second-order valence-corrected chi connectivity index (χ2v) is 8.41. The van der Waals surface area contributed by atoms with E-state index in [1.165, 1.54) is 7.11 Å². The summed E-state index contributed by atoms with van der Waals surface area (Å²) in [5.74, 6) is 1.14. The molecule has 0 aromatic heterocycles. The van der Waals surface area contributed by atoms with Crippen molar-refractivity contribution in [3.8, 4) is 5.75 Å². The number of rotatable bonds is 6. The average molecular weight is 369 g/mol. The summed E-state index contributed by atoms with van der Waals surface area (Å²) in [5, 5.41) is 3.15. The fraction of sp³-hybridized carbons (Fsp3) is 0.588. The molecule has 1 aliphatic heterocycles. The molecule has 140 valence electrons.